The summed E-state index contributed by atoms with van der Waals surface area (Å²) in [5.41, 5.74) is 2.98. The molecule has 0 aromatic heterocycles. The number of rotatable bonds is 5. The highest BCUT2D eigenvalue weighted by Crippen LogP contribution is 2.19. The molecule has 0 saturated carbocycles. The fourth-order valence-corrected chi connectivity index (χ4v) is 2.01. The number of hydrogen-bond acceptors (Lipinski definition) is 4. The third-order valence-electron chi connectivity index (χ3n) is 2.90. The predicted molar refractivity (Wildman–Crippen MR) is 92.6 cm³/mol. The van der Waals surface area contributed by atoms with Gasteiger partial charge in [-0.25, -0.2) is 5.43 Å². The van der Waals surface area contributed by atoms with Crippen molar-refractivity contribution in [1.82, 2.24) is 10.7 Å². The van der Waals surface area contributed by atoms with E-state index in [1.165, 1.54) is 24.4 Å². The van der Waals surface area contributed by atoms with Crippen LogP contribution in [0.4, 0.5) is 0 Å². The highest BCUT2D eigenvalue weighted by atomic mass is 35.5. The van der Waals surface area contributed by atoms with Gasteiger partial charge in [-0.1, -0.05) is 23.2 Å². The molecule has 0 spiro atoms. The van der Waals surface area contributed by atoms with Crippen molar-refractivity contribution < 1.29 is 14.7 Å². The van der Waals surface area contributed by atoms with Gasteiger partial charge in [-0.3, -0.25) is 9.59 Å². The van der Waals surface area contributed by atoms with E-state index < -0.39 is 11.8 Å². The van der Waals surface area contributed by atoms with Crippen molar-refractivity contribution in [2.45, 2.75) is 0 Å². The molecule has 0 bridgehead atoms. The van der Waals surface area contributed by atoms with Crippen LogP contribution in [0.15, 0.2) is 47.6 Å². The quantitative estimate of drug-likeness (QED) is 0.561. The number of amides is 2. The molecule has 0 heterocycles. The molecule has 0 fully saturated rings. The second-order valence-corrected chi connectivity index (χ2v) is 5.56. The molecular weight excluding hydrogens is 353 g/mol. The Morgan fingerprint density at radius 3 is 2.46 bits per heavy atom. The largest absolute Gasteiger partial charge is 0.507 e. The molecule has 0 aliphatic heterocycles. The minimum atomic E-state index is -0.518. The Morgan fingerprint density at radius 2 is 1.75 bits per heavy atom. The maximum atomic E-state index is 11.8. The fraction of sp³-hybridized carbons (Fsp3) is 0.0625. The van der Waals surface area contributed by atoms with Gasteiger partial charge in [-0.05, 0) is 42.5 Å². The van der Waals surface area contributed by atoms with Crippen LogP contribution in [0.1, 0.15) is 15.9 Å². The smallest absolute Gasteiger partial charge is 0.259 e. The van der Waals surface area contributed by atoms with Gasteiger partial charge in [-0.15, -0.1) is 0 Å². The van der Waals surface area contributed by atoms with Crippen LogP contribution in [-0.2, 0) is 4.79 Å². The summed E-state index contributed by atoms with van der Waals surface area (Å²) >= 11 is 11.5. The van der Waals surface area contributed by atoms with Gasteiger partial charge in [-0.2, -0.15) is 5.10 Å². The van der Waals surface area contributed by atoms with Gasteiger partial charge >= 0.3 is 0 Å². The lowest BCUT2D eigenvalue weighted by Gasteiger charge is -2.04. The van der Waals surface area contributed by atoms with Crippen molar-refractivity contribution in [2.75, 3.05) is 6.54 Å². The van der Waals surface area contributed by atoms with E-state index >= 15 is 0 Å². The normalized spacial score (nSPS) is 10.6. The highest BCUT2D eigenvalue weighted by Gasteiger charge is 2.07. The van der Waals surface area contributed by atoms with Crippen LogP contribution in [-0.4, -0.2) is 29.7 Å². The van der Waals surface area contributed by atoms with Crippen LogP contribution in [0, 0.1) is 0 Å². The number of nitrogens with one attached hydrogen (secondary N) is 2. The second-order valence-electron chi connectivity index (χ2n) is 4.69. The molecule has 2 aromatic carbocycles. The maximum Gasteiger partial charge on any atom is 0.259 e. The molecule has 0 saturated heterocycles. The minimum Gasteiger partial charge on any atom is -0.507 e. The lowest BCUT2D eigenvalue weighted by Crippen LogP contribution is -2.34. The average Bonchev–Trinajstić information content (AvgIpc) is 2.56. The molecule has 8 heteroatoms. The molecule has 3 N–H and O–H groups in total. The lowest BCUT2D eigenvalue weighted by molar-refractivity contribution is -0.120. The van der Waals surface area contributed by atoms with Crippen molar-refractivity contribution in [1.29, 1.82) is 0 Å². The van der Waals surface area contributed by atoms with E-state index in [-0.39, 0.29) is 12.3 Å². The van der Waals surface area contributed by atoms with E-state index in [0.29, 0.717) is 21.2 Å². The fourth-order valence-electron chi connectivity index (χ4n) is 1.71. The van der Waals surface area contributed by atoms with Crippen LogP contribution in [0.5, 0.6) is 5.75 Å². The summed E-state index contributed by atoms with van der Waals surface area (Å²) in [6, 6.07) is 10.7. The van der Waals surface area contributed by atoms with Gasteiger partial charge in [0, 0.05) is 21.2 Å². The molecular formula is C16H13Cl2N3O3. The third-order valence-corrected chi connectivity index (χ3v) is 3.39. The van der Waals surface area contributed by atoms with Crippen LogP contribution >= 0.6 is 23.2 Å². The standard InChI is InChI=1S/C16H13Cl2N3O3/c17-12-3-1-10(2-4-12)16(24)19-9-15(23)21-20-8-11-7-13(18)5-6-14(11)22/h1-8,22H,9H2,(H,19,24)(H,21,23)/b20-8+. The number of carbonyl (C=O) groups is 2. The number of halogens is 2. The van der Waals surface area contributed by atoms with Crippen LogP contribution in [0.25, 0.3) is 0 Å². The highest BCUT2D eigenvalue weighted by molar-refractivity contribution is 6.31. The van der Waals surface area contributed by atoms with Crippen LogP contribution in [0.3, 0.4) is 0 Å². The Morgan fingerprint density at radius 1 is 1.08 bits per heavy atom. The first-order valence-electron chi connectivity index (χ1n) is 6.80. The molecule has 0 aliphatic carbocycles. The molecule has 2 amide bonds. The van der Waals surface area contributed by atoms with E-state index in [1.54, 1.807) is 24.3 Å². The summed E-state index contributed by atoms with van der Waals surface area (Å²) in [5.74, 6) is -0.943. The van der Waals surface area contributed by atoms with E-state index in [9.17, 15) is 14.7 Å². The molecule has 2 aromatic rings. The number of benzene rings is 2. The Bertz CT molecular complexity index is 777. The van der Waals surface area contributed by atoms with Crippen molar-refractivity contribution in [3.8, 4) is 5.75 Å². The molecule has 124 valence electrons. The zero-order chi connectivity index (χ0) is 17.5. The van der Waals surface area contributed by atoms with Crippen molar-refractivity contribution in [3.05, 3.63) is 63.6 Å². The van der Waals surface area contributed by atoms with Gasteiger partial charge < -0.3 is 10.4 Å². The molecule has 6 nitrogen and oxygen atoms in total. The summed E-state index contributed by atoms with van der Waals surface area (Å²) < 4.78 is 0. The number of hydrogen-bond donors (Lipinski definition) is 3. The second kappa shape index (κ2) is 8.33. The van der Waals surface area contributed by atoms with Crippen molar-refractivity contribution in [3.63, 3.8) is 0 Å². The number of aromatic hydroxyl groups is 1. The van der Waals surface area contributed by atoms with Crippen molar-refractivity contribution in [2.24, 2.45) is 5.10 Å². The first-order chi connectivity index (χ1) is 11.5. The molecule has 0 atom stereocenters. The third kappa shape index (κ3) is 5.26. The van der Waals surface area contributed by atoms with Gasteiger partial charge in [0.1, 0.15) is 5.75 Å². The number of hydrazone groups is 1. The number of carbonyl (C=O) groups excluding carboxylic acids is 2. The Hall–Kier alpha value is -2.57. The molecule has 0 radical (unpaired) electrons. The minimum absolute atomic E-state index is 0.0200. The monoisotopic (exact) mass is 365 g/mol. The van der Waals surface area contributed by atoms with E-state index in [1.807, 2.05) is 0 Å². The Labute approximate surface area is 148 Å². The van der Waals surface area contributed by atoms with Gasteiger partial charge in [0.25, 0.3) is 11.8 Å². The SMILES string of the molecule is O=C(CNC(=O)c1ccc(Cl)cc1)N/N=C/c1cc(Cl)ccc1O. The molecule has 0 aliphatic rings. The summed E-state index contributed by atoms with van der Waals surface area (Å²) in [6.45, 7) is -0.250. The predicted octanol–water partition coefficient (Wildman–Crippen LogP) is 2.58. The lowest BCUT2D eigenvalue weighted by atomic mass is 10.2. The zero-order valence-electron chi connectivity index (χ0n) is 12.3. The van der Waals surface area contributed by atoms with Crippen molar-refractivity contribution >= 4 is 41.2 Å². The number of phenols is 1. The van der Waals surface area contributed by atoms with E-state index in [4.69, 9.17) is 23.2 Å². The summed E-state index contributed by atoms with van der Waals surface area (Å²) in [6.07, 6.45) is 1.25. The number of phenolic OH excluding ortho intramolecular Hbond substituents is 1. The summed E-state index contributed by atoms with van der Waals surface area (Å²) in [5, 5.41) is 16.7. The van der Waals surface area contributed by atoms with Gasteiger partial charge in [0.2, 0.25) is 0 Å². The Balaban J connectivity index is 1.83. The van der Waals surface area contributed by atoms with Gasteiger partial charge in [0.15, 0.2) is 0 Å². The van der Waals surface area contributed by atoms with Gasteiger partial charge in [0.05, 0.1) is 12.8 Å². The topological polar surface area (TPSA) is 90.8 Å². The summed E-state index contributed by atoms with van der Waals surface area (Å²) in [4.78, 5) is 23.4. The van der Waals surface area contributed by atoms with Crippen LogP contribution < -0.4 is 10.7 Å². The summed E-state index contributed by atoms with van der Waals surface area (Å²) in [7, 11) is 0. The van der Waals surface area contributed by atoms with E-state index in [0.717, 1.165) is 0 Å². The molecule has 24 heavy (non-hydrogen) atoms. The molecule has 2 rings (SSSR count). The first kappa shape index (κ1) is 17.8. The zero-order valence-corrected chi connectivity index (χ0v) is 13.8. The molecule has 0 unspecified atom stereocenters. The number of nitrogens with zero attached hydrogens (tertiary/aromatic N) is 1. The van der Waals surface area contributed by atoms with E-state index in [2.05, 4.69) is 15.8 Å². The van der Waals surface area contributed by atoms with Crippen LogP contribution in [0.2, 0.25) is 10.0 Å². The average molecular weight is 366 g/mol. The Kier molecular flexibility index (Phi) is 6.17. The maximum absolute atomic E-state index is 11.8. The first-order valence-corrected chi connectivity index (χ1v) is 7.55.